The first-order chi connectivity index (χ1) is 5.77. The number of carbonyl (C=O) groups excluding carboxylic acids is 1. The van der Waals surface area contributed by atoms with Gasteiger partial charge in [0.2, 0.25) is 0 Å². The van der Waals surface area contributed by atoms with Gasteiger partial charge >= 0.3 is 5.97 Å². The minimum absolute atomic E-state index is 0.0494. The van der Waals surface area contributed by atoms with E-state index in [1.807, 2.05) is 6.08 Å². The molecule has 0 aliphatic rings. The van der Waals surface area contributed by atoms with Crippen LogP contribution >= 0.6 is 0 Å². The van der Waals surface area contributed by atoms with Crippen LogP contribution in [-0.2, 0) is 9.90 Å². The molecule has 0 heterocycles. The third kappa shape index (κ3) is 9.21. The van der Waals surface area contributed by atoms with Gasteiger partial charge in [0.05, 0.1) is 6.42 Å². The van der Waals surface area contributed by atoms with E-state index in [2.05, 4.69) is 6.92 Å². The maximum atomic E-state index is 9.97. The standard InChI is InChI=1S/C10H17O2/c1-2-3-4-5-6-7-8-9-10(11)12/h7-8H,2-6,9H2,1H3. The molecule has 0 aliphatic carbocycles. The monoisotopic (exact) mass is 169 g/mol. The lowest BCUT2D eigenvalue weighted by Gasteiger charge is -1.93. The molecular formula is C10H17O2. The maximum absolute atomic E-state index is 9.97. The van der Waals surface area contributed by atoms with Gasteiger partial charge in [-0.05, 0) is 12.8 Å². The van der Waals surface area contributed by atoms with Crippen LogP contribution in [0.1, 0.15) is 45.4 Å². The zero-order chi connectivity index (χ0) is 9.23. The average molecular weight is 169 g/mol. The molecule has 0 atom stereocenters. The van der Waals surface area contributed by atoms with Crippen molar-refractivity contribution in [1.82, 2.24) is 0 Å². The maximum Gasteiger partial charge on any atom is 0.359 e. The first-order valence-electron chi connectivity index (χ1n) is 4.62. The van der Waals surface area contributed by atoms with E-state index in [1.165, 1.54) is 19.3 Å². The molecular weight excluding hydrogens is 152 g/mol. The molecule has 2 nitrogen and oxygen atoms in total. The highest BCUT2D eigenvalue weighted by atomic mass is 16.4. The highest BCUT2D eigenvalue weighted by Crippen LogP contribution is 2.02. The Morgan fingerprint density at radius 3 is 2.50 bits per heavy atom. The summed E-state index contributed by atoms with van der Waals surface area (Å²) in [6, 6.07) is 0. The fourth-order valence-corrected chi connectivity index (χ4v) is 0.986. The Bertz CT molecular complexity index is 139. The Labute approximate surface area is 74.3 Å². The second-order valence-corrected chi connectivity index (χ2v) is 2.90. The fourth-order valence-electron chi connectivity index (χ4n) is 0.986. The smallest absolute Gasteiger partial charge is 0.247 e. The minimum Gasteiger partial charge on any atom is -0.247 e. The van der Waals surface area contributed by atoms with E-state index in [1.54, 1.807) is 6.08 Å². The van der Waals surface area contributed by atoms with Crippen LogP contribution in [0.5, 0.6) is 0 Å². The molecule has 0 unspecified atom stereocenters. The average Bonchev–Trinajstić information content (AvgIpc) is 2.02. The molecule has 0 aromatic rings. The molecule has 0 aliphatic heterocycles. The Hall–Kier alpha value is -0.790. The summed E-state index contributed by atoms with van der Waals surface area (Å²) < 4.78 is 0. The van der Waals surface area contributed by atoms with Gasteiger partial charge in [0.15, 0.2) is 0 Å². The van der Waals surface area contributed by atoms with Crippen molar-refractivity contribution in [3.05, 3.63) is 12.2 Å². The predicted molar refractivity (Wildman–Crippen MR) is 48.2 cm³/mol. The predicted octanol–water partition coefficient (Wildman–Crippen LogP) is 2.86. The SMILES string of the molecule is CCCCCCC=CCC([O])=O. The lowest BCUT2D eigenvalue weighted by atomic mass is 10.1. The Kier molecular flexibility index (Phi) is 7.76. The summed E-state index contributed by atoms with van der Waals surface area (Å²) >= 11 is 0. The lowest BCUT2D eigenvalue weighted by molar-refractivity contribution is -0.142. The summed E-state index contributed by atoms with van der Waals surface area (Å²) in [5.74, 6) is -1.00. The molecule has 0 saturated carbocycles. The Morgan fingerprint density at radius 2 is 1.92 bits per heavy atom. The molecule has 0 amide bonds. The summed E-state index contributed by atoms with van der Waals surface area (Å²) in [6.07, 6.45) is 9.55. The molecule has 0 bridgehead atoms. The van der Waals surface area contributed by atoms with E-state index in [9.17, 15) is 9.90 Å². The van der Waals surface area contributed by atoms with Crippen LogP contribution in [0.4, 0.5) is 0 Å². The zero-order valence-electron chi connectivity index (χ0n) is 7.71. The van der Waals surface area contributed by atoms with Gasteiger partial charge in [0, 0.05) is 0 Å². The van der Waals surface area contributed by atoms with Crippen LogP contribution in [-0.4, -0.2) is 5.97 Å². The van der Waals surface area contributed by atoms with Gasteiger partial charge in [0.25, 0.3) is 0 Å². The largest absolute Gasteiger partial charge is 0.359 e. The summed E-state index contributed by atoms with van der Waals surface area (Å²) in [5.41, 5.74) is 0. The van der Waals surface area contributed by atoms with Crippen molar-refractivity contribution >= 4 is 5.97 Å². The number of hydrogen-bond donors (Lipinski definition) is 0. The van der Waals surface area contributed by atoms with Gasteiger partial charge in [-0.2, -0.15) is 0 Å². The molecule has 0 fully saturated rings. The highest BCUT2D eigenvalue weighted by Gasteiger charge is 1.91. The summed E-state index contributed by atoms with van der Waals surface area (Å²) in [4.78, 5) is 9.97. The van der Waals surface area contributed by atoms with Gasteiger partial charge in [-0.1, -0.05) is 38.3 Å². The van der Waals surface area contributed by atoms with Crippen molar-refractivity contribution in [2.75, 3.05) is 0 Å². The molecule has 1 radical (unpaired) electrons. The van der Waals surface area contributed by atoms with Gasteiger partial charge in [0.1, 0.15) is 0 Å². The van der Waals surface area contributed by atoms with Crippen molar-refractivity contribution in [3.8, 4) is 0 Å². The third-order valence-electron chi connectivity index (χ3n) is 1.68. The van der Waals surface area contributed by atoms with Gasteiger partial charge in [-0.25, -0.2) is 9.90 Å². The number of allylic oxidation sites excluding steroid dienone is 1. The zero-order valence-corrected chi connectivity index (χ0v) is 7.71. The molecule has 69 valence electrons. The fraction of sp³-hybridized carbons (Fsp3) is 0.700. The van der Waals surface area contributed by atoms with Crippen molar-refractivity contribution in [3.63, 3.8) is 0 Å². The molecule has 12 heavy (non-hydrogen) atoms. The number of rotatable bonds is 7. The van der Waals surface area contributed by atoms with Crippen LogP contribution < -0.4 is 0 Å². The Morgan fingerprint density at radius 1 is 1.17 bits per heavy atom. The van der Waals surface area contributed by atoms with Crippen molar-refractivity contribution < 1.29 is 9.90 Å². The molecule has 0 N–H and O–H groups in total. The van der Waals surface area contributed by atoms with Gasteiger partial charge in [-0.3, -0.25) is 0 Å². The first-order valence-corrected chi connectivity index (χ1v) is 4.62. The minimum atomic E-state index is -1.00. The van der Waals surface area contributed by atoms with Crippen molar-refractivity contribution in [2.24, 2.45) is 0 Å². The topological polar surface area (TPSA) is 37.0 Å². The number of carbonyl (C=O) groups is 1. The van der Waals surface area contributed by atoms with Crippen LogP contribution in [0.3, 0.4) is 0 Å². The summed E-state index contributed by atoms with van der Waals surface area (Å²) in [6.45, 7) is 2.17. The van der Waals surface area contributed by atoms with Crippen LogP contribution in [0, 0.1) is 0 Å². The van der Waals surface area contributed by atoms with Gasteiger partial charge in [-0.15, -0.1) is 0 Å². The van der Waals surface area contributed by atoms with E-state index in [0.717, 1.165) is 12.8 Å². The first kappa shape index (κ1) is 11.2. The van der Waals surface area contributed by atoms with E-state index in [-0.39, 0.29) is 6.42 Å². The molecule has 0 aromatic heterocycles. The second kappa shape index (κ2) is 8.31. The molecule has 0 spiro atoms. The third-order valence-corrected chi connectivity index (χ3v) is 1.68. The molecule has 0 saturated heterocycles. The van der Waals surface area contributed by atoms with Crippen LogP contribution in [0.2, 0.25) is 0 Å². The molecule has 2 heteroatoms. The van der Waals surface area contributed by atoms with Crippen LogP contribution in [0.15, 0.2) is 12.2 Å². The van der Waals surface area contributed by atoms with Gasteiger partial charge < -0.3 is 0 Å². The quantitative estimate of drug-likeness (QED) is 0.426. The summed E-state index contributed by atoms with van der Waals surface area (Å²) in [7, 11) is 0. The second-order valence-electron chi connectivity index (χ2n) is 2.90. The number of hydrogen-bond acceptors (Lipinski definition) is 1. The molecule has 0 aromatic carbocycles. The lowest BCUT2D eigenvalue weighted by Crippen LogP contribution is -1.86. The highest BCUT2D eigenvalue weighted by molar-refractivity contribution is 5.68. The van der Waals surface area contributed by atoms with E-state index < -0.39 is 5.97 Å². The van der Waals surface area contributed by atoms with E-state index >= 15 is 0 Å². The van der Waals surface area contributed by atoms with E-state index in [0.29, 0.717) is 0 Å². The molecule has 0 rings (SSSR count). The van der Waals surface area contributed by atoms with Crippen molar-refractivity contribution in [1.29, 1.82) is 0 Å². The number of unbranched alkanes of at least 4 members (excludes halogenated alkanes) is 4. The normalized spacial score (nSPS) is 10.8. The van der Waals surface area contributed by atoms with E-state index in [4.69, 9.17) is 0 Å². The summed E-state index contributed by atoms with van der Waals surface area (Å²) in [5, 5.41) is 9.97. The Balaban J connectivity index is 3.08. The van der Waals surface area contributed by atoms with Crippen molar-refractivity contribution in [2.45, 2.75) is 45.4 Å². The van der Waals surface area contributed by atoms with Crippen LogP contribution in [0.25, 0.3) is 0 Å².